The number of benzene rings is 1. The minimum absolute atomic E-state index is 0.104. The highest BCUT2D eigenvalue weighted by molar-refractivity contribution is 6.12. The van der Waals surface area contributed by atoms with Crippen molar-refractivity contribution in [3.8, 4) is 0 Å². The van der Waals surface area contributed by atoms with Gasteiger partial charge in [0.1, 0.15) is 0 Å². The highest BCUT2D eigenvalue weighted by Gasteiger charge is 2.43. The maximum Gasteiger partial charge on any atom is 0.260 e. The second kappa shape index (κ2) is 5.13. The second-order valence-electron chi connectivity index (χ2n) is 5.39. The van der Waals surface area contributed by atoms with E-state index in [0.29, 0.717) is 12.1 Å². The van der Waals surface area contributed by atoms with Gasteiger partial charge in [-0.3, -0.25) is 14.5 Å². The molecule has 2 rings (SSSR count). The van der Waals surface area contributed by atoms with Crippen molar-refractivity contribution in [2.24, 2.45) is 0 Å². The molecule has 0 saturated heterocycles. The van der Waals surface area contributed by atoms with Crippen LogP contribution in [0.15, 0.2) is 24.3 Å². The Balaban J connectivity index is 2.35. The fraction of sp³-hybridized carbons (Fsp3) is 0.467. The van der Waals surface area contributed by atoms with Gasteiger partial charge in [0.25, 0.3) is 5.91 Å². The van der Waals surface area contributed by atoms with Gasteiger partial charge in [-0.05, 0) is 45.5 Å². The lowest BCUT2D eigenvalue weighted by Gasteiger charge is -2.37. The summed E-state index contributed by atoms with van der Waals surface area (Å²) < 4.78 is 0. The molecule has 4 heteroatoms. The van der Waals surface area contributed by atoms with Crippen molar-refractivity contribution < 1.29 is 9.59 Å². The minimum Gasteiger partial charge on any atom is -0.320 e. The summed E-state index contributed by atoms with van der Waals surface area (Å²) in [6, 6.07) is 7.39. The molecule has 0 unspecified atom stereocenters. The third-order valence-electron chi connectivity index (χ3n) is 3.66. The van der Waals surface area contributed by atoms with E-state index in [9.17, 15) is 9.59 Å². The average molecular weight is 260 g/mol. The Kier molecular flexibility index (Phi) is 3.71. The maximum atomic E-state index is 12.5. The fourth-order valence-corrected chi connectivity index (χ4v) is 2.52. The lowest BCUT2D eigenvalue weighted by atomic mass is 9.77. The van der Waals surface area contributed by atoms with E-state index >= 15 is 0 Å². The number of nitrogens with zero attached hydrogens (tertiary/aromatic N) is 1. The van der Waals surface area contributed by atoms with Gasteiger partial charge in [-0.15, -0.1) is 0 Å². The standard InChI is InChI=1S/C15H20N2O2/c1-15(2)12-8-5-4-7-11(12)13(18)17(14(15)19)10-6-9-16-3/h4-5,7-8,16H,6,9-10H2,1-3H3. The summed E-state index contributed by atoms with van der Waals surface area (Å²) in [7, 11) is 1.86. The Morgan fingerprint density at radius 3 is 2.58 bits per heavy atom. The molecule has 1 aliphatic rings. The van der Waals surface area contributed by atoms with Crippen LogP contribution in [0.25, 0.3) is 0 Å². The van der Waals surface area contributed by atoms with E-state index in [1.165, 1.54) is 4.90 Å². The van der Waals surface area contributed by atoms with Crippen LogP contribution in [-0.2, 0) is 10.2 Å². The summed E-state index contributed by atoms with van der Waals surface area (Å²) in [6.07, 6.45) is 0.770. The normalized spacial score (nSPS) is 17.5. The molecule has 1 aliphatic heterocycles. The molecule has 1 aromatic rings. The topological polar surface area (TPSA) is 49.4 Å². The number of amides is 2. The van der Waals surface area contributed by atoms with Crippen LogP contribution in [-0.4, -0.2) is 36.9 Å². The monoisotopic (exact) mass is 260 g/mol. The molecule has 0 atom stereocenters. The van der Waals surface area contributed by atoms with Gasteiger partial charge in [0.2, 0.25) is 5.91 Å². The first-order chi connectivity index (χ1) is 9.00. The van der Waals surface area contributed by atoms with Crippen molar-refractivity contribution >= 4 is 11.8 Å². The molecular formula is C15H20N2O2. The Hall–Kier alpha value is -1.68. The number of carbonyl (C=O) groups excluding carboxylic acids is 2. The summed E-state index contributed by atoms with van der Waals surface area (Å²) in [5.41, 5.74) is 0.843. The Morgan fingerprint density at radius 1 is 1.21 bits per heavy atom. The molecule has 4 nitrogen and oxygen atoms in total. The summed E-state index contributed by atoms with van der Waals surface area (Å²) in [5, 5.41) is 3.03. The molecule has 1 N–H and O–H groups in total. The second-order valence-corrected chi connectivity index (χ2v) is 5.39. The lowest BCUT2D eigenvalue weighted by Crippen LogP contribution is -2.52. The number of carbonyl (C=O) groups is 2. The first-order valence-electron chi connectivity index (χ1n) is 6.60. The van der Waals surface area contributed by atoms with Crippen LogP contribution >= 0.6 is 0 Å². The fourth-order valence-electron chi connectivity index (χ4n) is 2.52. The largest absolute Gasteiger partial charge is 0.320 e. The van der Waals surface area contributed by atoms with Gasteiger partial charge in [-0.2, -0.15) is 0 Å². The zero-order valence-corrected chi connectivity index (χ0v) is 11.7. The first-order valence-corrected chi connectivity index (χ1v) is 6.60. The molecular weight excluding hydrogens is 240 g/mol. The third kappa shape index (κ3) is 2.28. The quantitative estimate of drug-likeness (QED) is 0.660. The van der Waals surface area contributed by atoms with Crippen molar-refractivity contribution in [3.63, 3.8) is 0 Å². The minimum atomic E-state index is -0.635. The van der Waals surface area contributed by atoms with E-state index in [-0.39, 0.29) is 11.8 Å². The summed E-state index contributed by atoms with van der Waals surface area (Å²) >= 11 is 0. The lowest BCUT2D eigenvalue weighted by molar-refractivity contribution is -0.134. The molecule has 1 aromatic carbocycles. The van der Waals surface area contributed by atoms with Crippen LogP contribution in [0.2, 0.25) is 0 Å². The average Bonchev–Trinajstić information content (AvgIpc) is 2.41. The van der Waals surface area contributed by atoms with Crippen LogP contribution in [0.3, 0.4) is 0 Å². The smallest absolute Gasteiger partial charge is 0.260 e. The molecule has 0 bridgehead atoms. The predicted molar refractivity (Wildman–Crippen MR) is 74.1 cm³/mol. The molecule has 0 fully saturated rings. The predicted octanol–water partition coefficient (Wildman–Crippen LogP) is 1.56. The van der Waals surface area contributed by atoms with Crippen molar-refractivity contribution in [1.82, 2.24) is 10.2 Å². The zero-order chi connectivity index (χ0) is 14.0. The summed E-state index contributed by atoms with van der Waals surface area (Å²) in [4.78, 5) is 26.3. The Morgan fingerprint density at radius 2 is 1.89 bits per heavy atom. The first kappa shape index (κ1) is 13.7. The number of imide groups is 1. The number of nitrogens with one attached hydrogen (secondary N) is 1. The van der Waals surface area contributed by atoms with Gasteiger partial charge in [0.15, 0.2) is 0 Å². The van der Waals surface area contributed by atoms with E-state index in [1.54, 1.807) is 6.07 Å². The maximum absolute atomic E-state index is 12.5. The third-order valence-corrected chi connectivity index (χ3v) is 3.66. The molecule has 1 heterocycles. The van der Waals surface area contributed by atoms with Crippen molar-refractivity contribution in [3.05, 3.63) is 35.4 Å². The van der Waals surface area contributed by atoms with E-state index in [0.717, 1.165) is 18.5 Å². The SMILES string of the molecule is CNCCCN1C(=O)c2ccccc2C(C)(C)C1=O. The van der Waals surface area contributed by atoms with E-state index in [4.69, 9.17) is 0 Å². The van der Waals surface area contributed by atoms with Crippen LogP contribution in [0.1, 0.15) is 36.2 Å². The number of hydrogen-bond donors (Lipinski definition) is 1. The number of hydrogen-bond acceptors (Lipinski definition) is 3. The zero-order valence-electron chi connectivity index (χ0n) is 11.7. The van der Waals surface area contributed by atoms with Gasteiger partial charge >= 0.3 is 0 Å². The van der Waals surface area contributed by atoms with Crippen LogP contribution in [0.4, 0.5) is 0 Å². The molecule has 0 saturated carbocycles. The van der Waals surface area contributed by atoms with Crippen LogP contribution in [0.5, 0.6) is 0 Å². The van der Waals surface area contributed by atoms with Gasteiger partial charge in [-0.1, -0.05) is 18.2 Å². The van der Waals surface area contributed by atoms with Crippen molar-refractivity contribution in [1.29, 1.82) is 0 Å². The number of fused-ring (bicyclic) bond motifs is 1. The highest BCUT2D eigenvalue weighted by Crippen LogP contribution is 2.34. The summed E-state index contributed by atoms with van der Waals surface area (Å²) in [5.74, 6) is -0.275. The molecule has 19 heavy (non-hydrogen) atoms. The molecule has 0 spiro atoms. The van der Waals surface area contributed by atoms with Gasteiger partial charge in [0.05, 0.1) is 5.41 Å². The van der Waals surface area contributed by atoms with E-state index in [1.807, 2.05) is 39.1 Å². The molecule has 0 aliphatic carbocycles. The number of rotatable bonds is 4. The Labute approximate surface area is 113 Å². The van der Waals surface area contributed by atoms with Gasteiger partial charge in [-0.25, -0.2) is 0 Å². The van der Waals surface area contributed by atoms with Crippen molar-refractivity contribution in [2.45, 2.75) is 25.7 Å². The Bertz CT molecular complexity index is 509. The highest BCUT2D eigenvalue weighted by atomic mass is 16.2. The molecule has 0 radical (unpaired) electrons. The van der Waals surface area contributed by atoms with E-state index in [2.05, 4.69) is 5.32 Å². The summed E-state index contributed by atoms with van der Waals surface area (Å²) in [6.45, 7) is 5.02. The van der Waals surface area contributed by atoms with Gasteiger partial charge < -0.3 is 5.32 Å². The van der Waals surface area contributed by atoms with Crippen molar-refractivity contribution in [2.75, 3.05) is 20.1 Å². The van der Waals surface area contributed by atoms with Crippen LogP contribution < -0.4 is 5.32 Å². The van der Waals surface area contributed by atoms with Gasteiger partial charge in [0, 0.05) is 12.1 Å². The molecule has 2 amide bonds. The molecule has 0 aromatic heterocycles. The molecule has 102 valence electrons. The van der Waals surface area contributed by atoms with Crippen LogP contribution in [0, 0.1) is 0 Å². The van der Waals surface area contributed by atoms with E-state index < -0.39 is 5.41 Å².